The molecule has 1 spiro atoms. The topological polar surface area (TPSA) is 93.0 Å². The van der Waals surface area contributed by atoms with Gasteiger partial charge in [-0.15, -0.1) is 6.42 Å². The summed E-state index contributed by atoms with van der Waals surface area (Å²) >= 11 is 0. The number of fused-ring (bicyclic) bond motifs is 1. The lowest BCUT2D eigenvalue weighted by Crippen LogP contribution is -2.36. The molecule has 2 N–H and O–H groups in total. The number of nitrogens with zero attached hydrogens (tertiary/aromatic N) is 3. The van der Waals surface area contributed by atoms with E-state index in [9.17, 15) is 15.2 Å². The summed E-state index contributed by atoms with van der Waals surface area (Å²) in [5.41, 5.74) is 2.08. The third-order valence-corrected chi connectivity index (χ3v) is 5.50. The summed E-state index contributed by atoms with van der Waals surface area (Å²) in [6.45, 7) is 1.60. The molecule has 0 amide bonds. The van der Waals surface area contributed by atoms with Crippen molar-refractivity contribution >= 4 is 16.7 Å². The van der Waals surface area contributed by atoms with E-state index in [1.807, 2.05) is 6.07 Å². The molecule has 0 bridgehead atoms. The molecular formula is C19H18N4O2. The van der Waals surface area contributed by atoms with Crippen LogP contribution in [0.5, 0.6) is 0 Å². The molecule has 0 radical (unpaired) electrons. The largest absolute Gasteiger partial charge is 0.374 e. The molecule has 2 aliphatic rings. The summed E-state index contributed by atoms with van der Waals surface area (Å²) in [6.07, 6.45) is 8.86. The normalized spacial score (nSPS) is 19.4. The lowest BCUT2D eigenvalue weighted by molar-refractivity contribution is 0.234. The number of rotatable bonds is 2. The molecule has 2 aromatic heterocycles. The number of aliphatic hydroxyl groups excluding tert-OH is 1. The van der Waals surface area contributed by atoms with Crippen molar-refractivity contribution < 1.29 is 5.11 Å². The first-order valence-electron chi connectivity index (χ1n) is 8.43. The van der Waals surface area contributed by atoms with Gasteiger partial charge in [-0.25, -0.2) is 4.98 Å². The van der Waals surface area contributed by atoms with E-state index in [1.165, 1.54) is 12.8 Å². The van der Waals surface area contributed by atoms with Gasteiger partial charge in [0.25, 0.3) is 5.56 Å². The molecule has 1 aliphatic heterocycles. The average molecular weight is 334 g/mol. The number of aromatic amines is 1. The second-order valence-corrected chi connectivity index (χ2v) is 6.98. The molecule has 1 saturated heterocycles. The van der Waals surface area contributed by atoms with Crippen LogP contribution in [0.15, 0.2) is 16.9 Å². The first kappa shape index (κ1) is 15.7. The molecule has 2 fully saturated rings. The molecule has 1 unspecified atom stereocenters. The van der Waals surface area contributed by atoms with Gasteiger partial charge in [-0.3, -0.25) is 4.79 Å². The van der Waals surface area contributed by atoms with E-state index in [1.54, 1.807) is 12.1 Å². The number of nitriles is 1. The van der Waals surface area contributed by atoms with Gasteiger partial charge in [0, 0.05) is 13.1 Å². The lowest BCUT2D eigenvalue weighted by Gasteiger charge is -2.34. The first-order valence-corrected chi connectivity index (χ1v) is 8.43. The molecule has 25 heavy (non-hydrogen) atoms. The summed E-state index contributed by atoms with van der Waals surface area (Å²) in [5, 5.41) is 19.4. The van der Waals surface area contributed by atoms with Crippen molar-refractivity contribution in [3.8, 4) is 18.4 Å². The average Bonchev–Trinajstić information content (AvgIpc) is 3.39. The molecule has 3 heterocycles. The minimum absolute atomic E-state index is 0.0686. The van der Waals surface area contributed by atoms with Crippen LogP contribution in [0.4, 0.5) is 5.69 Å². The van der Waals surface area contributed by atoms with Gasteiger partial charge in [0.2, 0.25) is 0 Å². The fourth-order valence-corrected chi connectivity index (χ4v) is 3.70. The fraction of sp³-hybridized carbons (Fsp3) is 0.421. The number of aromatic nitrogens is 2. The number of aliphatic hydroxyl groups is 1. The van der Waals surface area contributed by atoms with Crippen LogP contribution in [0.25, 0.3) is 11.0 Å². The van der Waals surface area contributed by atoms with Gasteiger partial charge in [0.1, 0.15) is 17.1 Å². The number of pyridine rings is 2. The SMILES string of the molecule is C#CC(O)c1ccc2[nH]c(=O)c(C#N)c(N3CCC4(CC3)CC4)c2n1. The minimum atomic E-state index is -1.12. The van der Waals surface area contributed by atoms with Crippen molar-refractivity contribution in [1.82, 2.24) is 9.97 Å². The number of terminal acetylenes is 1. The van der Waals surface area contributed by atoms with Crippen LogP contribution in [-0.2, 0) is 0 Å². The maximum atomic E-state index is 12.3. The smallest absolute Gasteiger partial charge is 0.268 e. The monoisotopic (exact) mass is 334 g/mol. The van der Waals surface area contributed by atoms with Gasteiger partial charge in [-0.2, -0.15) is 5.26 Å². The number of hydrogen-bond donors (Lipinski definition) is 2. The highest BCUT2D eigenvalue weighted by Gasteiger charge is 2.44. The lowest BCUT2D eigenvalue weighted by atomic mass is 9.93. The summed E-state index contributed by atoms with van der Waals surface area (Å²) < 4.78 is 0. The first-order chi connectivity index (χ1) is 12.1. The Bertz CT molecular complexity index is 981. The van der Waals surface area contributed by atoms with Crippen LogP contribution in [-0.4, -0.2) is 28.2 Å². The zero-order valence-electron chi connectivity index (χ0n) is 13.7. The van der Waals surface area contributed by atoms with Crippen LogP contribution in [0.2, 0.25) is 0 Å². The molecule has 0 aromatic carbocycles. The van der Waals surface area contributed by atoms with E-state index in [0.29, 0.717) is 27.8 Å². The van der Waals surface area contributed by atoms with E-state index in [-0.39, 0.29) is 5.56 Å². The van der Waals surface area contributed by atoms with Crippen molar-refractivity contribution in [2.45, 2.75) is 31.8 Å². The van der Waals surface area contributed by atoms with Crippen molar-refractivity contribution in [1.29, 1.82) is 5.26 Å². The van der Waals surface area contributed by atoms with E-state index in [2.05, 4.69) is 20.8 Å². The summed E-state index contributed by atoms with van der Waals surface area (Å²) in [4.78, 5) is 21.6. The second-order valence-electron chi connectivity index (χ2n) is 6.98. The summed E-state index contributed by atoms with van der Waals surface area (Å²) in [6, 6.07) is 5.29. The van der Waals surface area contributed by atoms with Crippen LogP contribution in [0.1, 0.15) is 43.0 Å². The van der Waals surface area contributed by atoms with Crippen molar-refractivity contribution in [2.24, 2.45) is 5.41 Å². The predicted molar refractivity (Wildman–Crippen MR) is 94.0 cm³/mol. The van der Waals surface area contributed by atoms with Crippen molar-refractivity contribution in [3.05, 3.63) is 33.7 Å². The van der Waals surface area contributed by atoms with E-state index in [0.717, 1.165) is 25.9 Å². The van der Waals surface area contributed by atoms with E-state index < -0.39 is 11.7 Å². The highest BCUT2D eigenvalue weighted by Crippen LogP contribution is 2.54. The third kappa shape index (κ3) is 2.56. The van der Waals surface area contributed by atoms with Crippen molar-refractivity contribution in [3.63, 3.8) is 0 Å². The molecule has 1 saturated carbocycles. The molecule has 1 atom stereocenters. The number of nitrogens with one attached hydrogen (secondary N) is 1. The Kier molecular flexibility index (Phi) is 3.52. The Morgan fingerprint density at radius 3 is 2.64 bits per heavy atom. The summed E-state index contributed by atoms with van der Waals surface area (Å²) in [7, 11) is 0. The molecule has 6 heteroatoms. The number of hydrogen-bond acceptors (Lipinski definition) is 5. The van der Waals surface area contributed by atoms with Gasteiger partial charge in [0.15, 0.2) is 6.10 Å². The third-order valence-electron chi connectivity index (χ3n) is 5.50. The van der Waals surface area contributed by atoms with Crippen LogP contribution in [0, 0.1) is 29.1 Å². The standard InChI is InChI=1S/C19H18N4O2/c1-2-15(24)13-3-4-14-16(21-13)17(12(11-20)18(25)22-14)23-9-7-19(5-6-19)8-10-23/h1,3-4,15,24H,5-10H2,(H,22,25). The Morgan fingerprint density at radius 2 is 2.04 bits per heavy atom. The summed E-state index contributed by atoms with van der Waals surface area (Å²) in [5.74, 6) is 2.25. The quantitative estimate of drug-likeness (QED) is 0.818. The van der Waals surface area contributed by atoms with Gasteiger partial charge < -0.3 is 15.0 Å². The Morgan fingerprint density at radius 1 is 1.32 bits per heavy atom. The molecule has 6 nitrogen and oxygen atoms in total. The highest BCUT2D eigenvalue weighted by atomic mass is 16.3. The zero-order chi connectivity index (χ0) is 17.6. The van der Waals surface area contributed by atoms with E-state index >= 15 is 0 Å². The van der Waals surface area contributed by atoms with Gasteiger partial charge >= 0.3 is 0 Å². The number of anilines is 1. The fourth-order valence-electron chi connectivity index (χ4n) is 3.70. The Hall–Kier alpha value is -2.83. The van der Waals surface area contributed by atoms with Crippen LogP contribution in [0.3, 0.4) is 0 Å². The molecular weight excluding hydrogens is 316 g/mol. The minimum Gasteiger partial charge on any atom is -0.374 e. The Labute approximate surface area is 145 Å². The van der Waals surface area contributed by atoms with Crippen LogP contribution < -0.4 is 10.5 Å². The maximum absolute atomic E-state index is 12.3. The molecule has 4 rings (SSSR count). The number of piperidine rings is 1. The predicted octanol–water partition coefficient (Wildman–Crippen LogP) is 1.84. The van der Waals surface area contributed by atoms with Gasteiger partial charge in [-0.05, 0) is 43.2 Å². The van der Waals surface area contributed by atoms with Crippen molar-refractivity contribution in [2.75, 3.05) is 18.0 Å². The molecule has 2 aromatic rings. The van der Waals surface area contributed by atoms with Crippen LogP contribution >= 0.6 is 0 Å². The van der Waals surface area contributed by atoms with Gasteiger partial charge in [0.05, 0.1) is 16.9 Å². The Balaban J connectivity index is 1.88. The maximum Gasteiger partial charge on any atom is 0.268 e. The molecule has 1 aliphatic carbocycles. The zero-order valence-corrected chi connectivity index (χ0v) is 13.7. The highest BCUT2D eigenvalue weighted by molar-refractivity contribution is 5.91. The second kappa shape index (κ2) is 5.61. The molecule has 126 valence electrons. The van der Waals surface area contributed by atoms with E-state index in [4.69, 9.17) is 6.42 Å². The van der Waals surface area contributed by atoms with Gasteiger partial charge in [-0.1, -0.05) is 5.92 Å². The number of H-pyrrole nitrogens is 1.